The molecule has 3 aromatic carbocycles. The minimum Gasteiger partial charge on any atom is -0.303 e. The zero-order valence-corrected chi connectivity index (χ0v) is 21.7. The van der Waals surface area contributed by atoms with E-state index in [4.69, 9.17) is 0 Å². The summed E-state index contributed by atoms with van der Waals surface area (Å²) in [6, 6.07) is 19.0. The zero-order chi connectivity index (χ0) is 24.3. The van der Waals surface area contributed by atoms with E-state index in [9.17, 15) is 14.0 Å². The first-order chi connectivity index (χ1) is 16.9. The third-order valence-electron chi connectivity index (χ3n) is 5.72. The highest BCUT2D eigenvalue weighted by molar-refractivity contribution is 9.10. The summed E-state index contributed by atoms with van der Waals surface area (Å²) in [5.74, 6) is -0.195. The van der Waals surface area contributed by atoms with Crippen LogP contribution in [0.3, 0.4) is 0 Å². The third kappa shape index (κ3) is 3.81. The normalized spacial score (nSPS) is 14.7. The van der Waals surface area contributed by atoms with E-state index in [-0.39, 0.29) is 22.8 Å². The molecule has 5 aromatic rings. The third-order valence-corrected chi connectivity index (χ3v) is 7.77. The quantitative estimate of drug-likeness (QED) is 0.290. The van der Waals surface area contributed by atoms with Crippen LogP contribution in [0.25, 0.3) is 21.9 Å². The summed E-state index contributed by atoms with van der Waals surface area (Å²) in [5, 5.41) is 4.40. The van der Waals surface area contributed by atoms with Gasteiger partial charge in [-0.15, -0.1) is 5.10 Å². The fourth-order valence-electron chi connectivity index (χ4n) is 4.06. The molecule has 10 heteroatoms. The molecule has 2 aromatic heterocycles. The molecule has 6 nitrogen and oxygen atoms in total. The summed E-state index contributed by atoms with van der Waals surface area (Å²) in [6.45, 7) is 0.250. The van der Waals surface area contributed by atoms with Gasteiger partial charge in [-0.3, -0.25) is 9.59 Å². The van der Waals surface area contributed by atoms with Crippen molar-refractivity contribution in [3.63, 3.8) is 0 Å². The van der Waals surface area contributed by atoms with Gasteiger partial charge >= 0.3 is 0 Å². The maximum absolute atomic E-state index is 13.6. The van der Waals surface area contributed by atoms with Crippen molar-refractivity contribution < 1.29 is 9.18 Å². The number of thiazole rings is 1. The molecule has 0 saturated heterocycles. The molecule has 0 spiro atoms. The number of carbonyl (C=O) groups is 1. The molecule has 1 aliphatic heterocycles. The summed E-state index contributed by atoms with van der Waals surface area (Å²) in [4.78, 5) is 33.6. The first-order valence-corrected chi connectivity index (χ1v) is 12.9. The van der Waals surface area contributed by atoms with E-state index in [0.29, 0.717) is 27.6 Å². The van der Waals surface area contributed by atoms with Crippen molar-refractivity contribution in [2.24, 2.45) is 0 Å². The molecule has 0 saturated carbocycles. The summed E-state index contributed by atoms with van der Waals surface area (Å²) < 4.78 is 16.6. The predicted octanol–water partition coefficient (Wildman–Crippen LogP) is 4.95. The number of anilines is 1. The van der Waals surface area contributed by atoms with E-state index in [2.05, 4.69) is 41.9 Å². The van der Waals surface area contributed by atoms with Crippen LogP contribution in [0, 0.1) is 5.82 Å². The van der Waals surface area contributed by atoms with Crippen molar-refractivity contribution in [3.05, 3.63) is 108 Å². The summed E-state index contributed by atoms with van der Waals surface area (Å²) >= 11 is 8.02. The van der Waals surface area contributed by atoms with Gasteiger partial charge < -0.3 is 4.90 Å². The molecule has 0 bridgehead atoms. The van der Waals surface area contributed by atoms with Crippen molar-refractivity contribution in [3.8, 4) is 11.4 Å². The highest BCUT2D eigenvalue weighted by Gasteiger charge is 2.34. The van der Waals surface area contributed by atoms with Crippen LogP contribution in [0.5, 0.6) is 0 Å². The average Bonchev–Trinajstić information content (AvgIpc) is 3.47. The SMILES string of the molecule is O=C1/C(=c2\sc3nc(-c4ccc(Br)cc4)nn3c2=O)c2cc(Br)ccc2N1Cc1ccc(F)cc1. The van der Waals surface area contributed by atoms with Crippen molar-refractivity contribution in [2.75, 3.05) is 4.90 Å². The topological polar surface area (TPSA) is 67.6 Å². The number of hydrogen-bond acceptors (Lipinski definition) is 5. The average molecular weight is 612 g/mol. The number of halogens is 3. The minimum absolute atomic E-state index is 0.250. The molecule has 1 amide bonds. The van der Waals surface area contributed by atoms with Gasteiger partial charge in [0.1, 0.15) is 10.3 Å². The van der Waals surface area contributed by atoms with Crippen molar-refractivity contribution in [1.29, 1.82) is 0 Å². The van der Waals surface area contributed by atoms with Gasteiger partial charge in [-0.05, 0) is 48.0 Å². The second-order valence-electron chi connectivity index (χ2n) is 7.93. The van der Waals surface area contributed by atoms with Gasteiger partial charge in [0.05, 0.1) is 17.8 Å². The number of benzene rings is 3. The van der Waals surface area contributed by atoms with Crippen LogP contribution in [0.1, 0.15) is 11.1 Å². The van der Waals surface area contributed by atoms with Crippen LogP contribution in [-0.2, 0) is 11.3 Å². The Bertz CT molecular complexity index is 1750. The fraction of sp³-hybridized carbons (Fsp3) is 0.0400. The molecule has 0 radical (unpaired) electrons. The lowest BCUT2D eigenvalue weighted by atomic mass is 10.1. The highest BCUT2D eigenvalue weighted by atomic mass is 79.9. The monoisotopic (exact) mass is 610 g/mol. The van der Waals surface area contributed by atoms with Crippen LogP contribution in [-0.4, -0.2) is 20.5 Å². The van der Waals surface area contributed by atoms with Crippen LogP contribution in [0.4, 0.5) is 10.1 Å². The highest BCUT2D eigenvalue weighted by Crippen LogP contribution is 2.38. The van der Waals surface area contributed by atoms with E-state index in [1.165, 1.54) is 16.6 Å². The van der Waals surface area contributed by atoms with Gasteiger partial charge in [0, 0.05) is 20.1 Å². The lowest BCUT2D eigenvalue weighted by Gasteiger charge is -2.17. The van der Waals surface area contributed by atoms with Crippen molar-refractivity contribution in [2.45, 2.75) is 6.54 Å². The second kappa shape index (κ2) is 8.47. The predicted molar refractivity (Wildman–Crippen MR) is 140 cm³/mol. The molecular weight excluding hydrogens is 599 g/mol. The standard InChI is InChI=1S/C25H13Br2FN4O2S/c26-15-5-3-14(4-6-15)22-29-25-32(30-22)24(34)21(35-25)20-18-11-16(27)7-10-19(18)31(23(20)33)12-13-1-8-17(28)9-2-13/h1-11H,12H2/b21-20-. The summed E-state index contributed by atoms with van der Waals surface area (Å²) in [6.07, 6.45) is 0. The first kappa shape index (κ1) is 22.3. The Balaban J connectivity index is 1.50. The van der Waals surface area contributed by atoms with Crippen molar-refractivity contribution in [1.82, 2.24) is 14.6 Å². The lowest BCUT2D eigenvalue weighted by molar-refractivity contribution is -0.113. The number of carbonyl (C=O) groups excluding carboxylic acids is 1. The van der Waals surface area contributed by atoms with Crippen LogP contribution < -0.4 is 15.0 Å². The van der Waals surface area contributed by atoms with E-state index in [0.717, 1.165) is 31.4 Å². The molecule has 6 rings (SSSR count). The second-order valence-corrected chi connectivity index (χ2v) is 10.7. The fourth-order valence-corrected chi connectivity index (χ4v) is 5.68. The number of aromatic nitrogens is 3. The first-order valence-electron chi connectivity index (χ1n) is 10.4. The van der Waals surface area contributed by atoms with Gasteiger partial charge in [-0.25, -0.2) is 4.39 Å². The number of rotatable bonds is 3. The van der Waals surface area contributed by atoms with Gasteiger partial charge in [0.25, 0.3) is 11.5 Å². The van der Waals surface area contributed by atoms with E-state index >= 15 is 0 Å². The Morgan fingerprint density at radius 2 is 1.63 bits per heavy atom. The molecular formula is C25H13Br2FN4O2S. The Morgan fingerprint density at radius 3 is 2.34 bits per heavy atom. The van der Waals surface area contributed by atoms with E-state index in [1.54, 1.807) is 17.0 Å². The molecule has 172 valence electrons. The maximum atomic E-state index is 13.6. The summed E-state index contributed by atoms with van der Waals surface area (Å²) in [7, 11) is 0. The van der Waals surface area contributed by atoms with Gasteiger partial charge in [0.2, 0.25) is 4.96 Å². The summed E-state index contributed by atoms with van der Waals surface area (Å²) in [5.41, 5.74) is 2.83. The Kier molecular flexibility index (Phi) is 5.39. The number of fused-ring (bicyclic) bond motifs is 2. The number of nitrogens with zero attached hydrogens (tertiary/aromatic N) is 4. The molecule has 0 aliphatic carbocycles. The van der Waals surface area contributed by atoms with Crippen LogP contribution >= 0.6 is 43.2 Å². The molecule has 0 fully saturated rings. The van der Waals surface area contributed by atoms with Crippen molar-refractivity contribution >= 4 is 65.3 Å². The van der Waals surface area contributed by atoms with E-state index in [1.807, 2.05) is 42.5 Å². The molecule has 35 heavy (non-hydrogen) atoms. The van der Waals surface area contributed by atoms with Gasteiger partial charge in [-0.1, -0.05) is 67.5 Å². The molecule has 0 unspecified atom stereocenters. The molecule has 3 heterocycles. The Labute approximate surface area is 218 Å². The molecule has 0 atom stereocenters. The maximum Gasteiger partial charge on any atom is 0.291 e. The van der Waals surface area contributed by atoms with Crippen LogP contribution in [0.2, 0.25) is 0 Å². The smallest absolute Gasteiger partial charge is 0.291 e. The minimum atomic E-state index is -0.390. The number of hydrogen-bond donors (Lipinski definition) is 0. The Hall–Kier alpha value is -3.21. The largest absolute Gasteiger partial charge is 0.303 e. The van der Waals surface area contributed by atoms with Crippen LogP contribution in [0.15, 0.2) is 80.5 Å². The molecule has 0 N–H and O–H groups in total. The molecule has 1 aliphatic rings. The number of amides is 1. The van der Waals surface area contributed by atoms with Gasteiger partial charge in [-0.2, -0.15) is 9.50 Å². The lowest BCUT2D eigenvalue weighted by Crippen LogP contribution is -2.32. The van der Waals surface area contributed by atoms with E-state index < -0.39 is 5.56 Å². The Morgan fingerprint density at radius 1 is 0.914 bits per heavy atom. The zero-order valence-electron chi connectivity index (χ0n) is 17.7. The van der Waals surface area contributed by atoms with Gasteiger partial charge in [0.15, 0.2) is 5.82 Å².